The topological polar surface area (TPSA) is 54.9 Å². The van der Waals surface area contributed by atoms with Crippen LogP contribution in [0.1, 0.15) is 19.8 Å². The Morgan fingerprint density at radius 2 is 1.95 bits per heavy atom. The van der Waals surface area contributed by atoms with Crippen LogP contribution in [0, 0.1) is 5.92 Å². The fraction of sp³-hybridized carbons (Fsp3) is 0.562. The lowest BCUT2D eigenvalue weighted by Gasteiger charge is -2.19. The Balaban J connectivity index is 0.00000242. The number of nitrogens with one attached hydrogen (secondary N) is 2. The van der Waals surface area contributed by atoms with Crippen molar-refractivity contribution >= 4 is 29.9 Å². The molecule has 1 saturated carbocycles. The van der Waals surface area contributed by atoms with Crippen LogP contribution in [0.5, 0.6) is 11.5 Å². The van der Waals surface area contributed by atoms with Gasteiger partial charge in [-0.3, -0.25) is 4.99 Å². The van der Waals surface area contributed by atoms with Crippen molar-refractivity contribution in [1.29, 1.82) is 0 Å². The molecule has 1 fully saturated rings. The largest absolute Gasteiger partial charge is 0.493 e. The first-order valence-corrected chi connectivity index (χ1v) is 7.47. The first kappa shape index (κ1) is 18.9. The average molecular weight is 419 g/mol. The lowest BCUT2D eigenvalue weighted by Crippen LogP contribution is -2.42. The number of rotatable bonds is 7. The minimum absolute atomic E-state index is 0. The number of benzene rings is 1. The second kappa shape index (κ2) is 9.76. The molecule has 1 aromatic rings. The number of guanidine groups is 1. The number of ether oxygens (including phenoxy) is 2. The van der Waals surface area contributed by atoms with Gasteiger partial charge in [0.15, 0.2) is 17.5 Å². The van der Waals surface area contributed by atoms with Gasteiger partial charge in [-0.15, -0.1) is 24.0 Å². The lowest BCUT2D eigenvalue weighted by molar-refractivity contribution is 0.213. The summed E-state index contributed by atoms with van der Waals surface area (Å²) in [6, 6.07) is 7.67. The van der Waals surface area contributed by atoms with Crippen LogP contribution in [-0.2, 0) is 0 Å². The zero-order chi connectivity index (χ0) is 15.1. The van der Waals surface area contributed by atoms with Gasteiger partial charge in [-0.1, -0.05) is 12.1 Å². The zero-order valence-electron chi connectivity index (χ0n) is 13.5. The van der Waals surface area contributed by atoms with Gasteiger partial charge in [-0.2, -0.15) is 0 Å². The Morgan fingerprint density at radius 3 is 2.55 bits per heavy atom. The van der Waals surface area contributed by atoms with Crippen molar-refractivity contribution < 1.29 is 9.47 Å². The molecular formula is C16H26IN3O2. The van der Waals surface area contributed by atoms with Crippen molar-refractivity contribution in [3.8, 4) is 11.5 Å². The summed E-state index contributed by atoms with van der Waals surface area (Å²) in [6.45, 7) is 3.71. The number of nitrogens with zero attached hydrogens (tertiary/aromatic N) is 1. The second-order valence-corrected chi connectivity index (χ2v) is 5.36. The number of methoxy groups -OCH3 is 1. The maximum atomic E-state index is 5.90. The van der Waals surface area contributed by atoms with E-state index in [2.05, 4.69) is 15.6 Å². The average Bonchev–Trinajstić information content (AvgIpc) is 3.32. The van der Waals surface area contributed by atoms with Crippen LogP contribution in [0.2, 0.25) is 0 Å². The molecule has 1 atom stereocenters. The molecule has 1 aromatic carbocycles. The smallest absolute Gasteiger partial charge is 0.191 e. The van der Waals surface area contributed by atoms with Crippen LogP contribution >= 0.6 is 24.0 Å². The quantitative estimate of drug-likeness (QED) is 0.406. The molecule has 0 aliphatic heterocycles. The van der Waals surface area contributed by atoms with Crippen molar-refractivity contribution in [2.24, 2.45) is 10.9 Å². The Morgan fingerprint density at radius 1 is 1.27 bits per heavy atom. The number of para-hydroxylation sites is 2. The molecule has 0 radical (unpaired) electrons. The predicted octanol–water partition coefficient (Wildman–Crippen LogP) is 2.66. The Bertz CT molecular complexity index is 478. The second-order valence-electron chi connectivity index (χ2n) is 5.36. The van der Waals surface area contributed by atoms with E-state index in [4.69, 9.17) is 9.47 Å². The van der Waals surface area contributed by atoms with Crippen LogP contribution in [0.4, 0.5) is 0 Å². The van der Waals surface area contributed by atoms with Gasteiger partial charge >= 0.3 is 0 Å². The van der Waals surface area contributed by atoms with E-state index in [-0.39, 0.29) is 30.1 Å². The minimum Gasteiger partial charge on any atom is -0.493 e. The van der Waals surface area contributed by atoms with E-state index in [1.807, 2.05) is 31.2 Å². The molecule has 0 spiro atoms. The summed E-state index contributed by atoms with van der Waals surface area (Å²) in [5, 5.41) is 6.61. The van der Waals surface area contributed by atoms with E-state index >= 15 is 0 Å². The van der Waals surface area contributed by atoms with Crippen molar-refractivity contribution in [2.45, 2.75) is 25.9 Å². The molecule has 2 N–H and O–H groups in total. The Labute approximate surface area is 149 Å². The van der Waals surface area contributed by atoms with Crippen molar-refractivity contribution in [3.63, 3.8) is 0 Å². The summed E-state index contributed by atoms with van der Waals surface area (Å²) in [5.41, 5.74) is 0. The van der Waals surface area contributed by atoms with Gasteiger partial charge in [-0.25, -0.2) is 0 Å². The molecule has 0 heterocycles. The summed E-state index contributed by atoms with van der Waals surface area (Å²) in [6.07, 6.45) is 2.68. The van der Waals surface area contributed by atoms with Crippen LogP contribution in [0.25, 0.3) is 0 Å². The first-order chi connectivity index (χ1) is 10.2. The summed E-state index contributed by atoms with van der Waals surface area (Å²) in [5.74, 6) is 3.17. The van der Waals surface area contributed by atoms with E-state index in [9.17, 15) is 0 Å². The summed E-state index contributed by atoms with van der Waals surface area (Å²) >= 11 is 0. The predicted molar refractivity (Wildman–Crippen MR) is 101 cm³/mol. The monoisotopic (exact) mass is 419 g/mol. The highest BCUT2D eigenvalue weighted by Gasteiger charge is 2.21. The van der Waals surface area contributed by atoms with E-state index in [0.717, 1.165) is 29.9 Å². The molecule has 0 saturated heterocycles. The molecule has 124 valence electrons. The fourth-order valence-corrected chi connectivity index (χ4v) is 2.00. The van der Waals surface area contributed by atoms with E-state index in [1.54, 1.807) is 14.2 Å². The Hall–Kier alpha value is -1.18. The molecule has 1 aliphatic rings. The SMILES string of the molecule is CN=C(NCC1CC1)NCC(C)Oc1ccccc1OC.I. The third kappa shape index (κ3) is 6.29. The van der Waals surface area contributed by atoms with Crippen molar-refractivity contribution in [1.82, 2.24) is 10.6 Å². The number of aliphatic imine (C=N–C) groups is 1. The molecular weight excluding hydrogens is 393 g/mol. The maximum Gasteiger partial charge on any atom is 0.191 e. The molecule has 1 aliphatic carbocycles. The van der Waals surface area contributed by atoms with Gasteiger partial charge in [0, 0.05) is 13.6 Å². The molecule has 0 amide bonds. The highest BCUT2D eigenvalue weighted by Crippen LogP contribution is 2.27. The third-order valence-electron chi connectivity index (χ3n) is 3.43. The van der Waals surface area contributed by atoms with E-state index in [1.165, 1.54) is 12.8 Å². The molecule has 0 bridgehead atoms. The molecule has 22 heavy (non-hydrogen) atoms. The van der Waals surface area contributed by atoms with Crippen molar-refractivity contribution in [3.05, 3.63) is 24.3 Å². The number of hydrogen-bond acceptors (Lipinski definition) is 3. The van der Waals surface area contributed by atoms with E-state index in [0.29, 0.717) is 6.54 Å². The molecule has 1 unspecified atom stereocenters. The number of halogens is 1. The van der Waals surface area contributed by atoms with Crippen LogP contribution in [0.15, 0.2) is 29.3 Å². The first-order valence-electron chi connectivity index (χ1n) is 7.47. The molecule has 6 heteroatoms. The highest BCUT2D eigenvalue weighted by atomic mass is 127. The van der Waals surface area contributed by atoms with Gasteiger partial charge in [0.2, 0.25) is 0 Å². The zero-order valence-corrected chi connectivity index (χ0v) is 15.8. The standard InChI is InChI=1S/C16H25N3O2.HI/c1-12(21-15-7-5-4-6-14(15)20-3)10-18-16(17-2)19-11-13-8-9-13;/h4-7,12-13H,8-11H2,1-3H3,(H2,17,18,19);1H. The van der Waals surface area contributed by atoms with Crippen LogP contribution < -0.4 is 20.1 Å². The highest BCUT2D eigenvalue weighted by molar-refractivity contribution is 14.0. The Kier molecular flexibility index (Phi) is 8.37. The third-order valence-corrected chi connectivity index (χ3v) is 3.43. The van der Waals surface area contributed by atoms with Gasteiger partial charge in [0.1, 0.15) is 6.10 Å². The summed E-state index contributed by atoms with van der Waals surface area (Å²) < 4.78 is 11.2. The van der Waals surface area contributed by atoms with Crippen molar-refractivity contribution in [2.75, 3.05) is 27.2 Å². The van der Waals surface area contributed by atoms with Gasteiger partial charge < -0.3 is 20.1 Å². The fourth-order valence-electron chi connectivity index (χ4n) is 2.00. The molecule has 2 rings (SSSR count). The van der Waals surface area contributed by atoms with E-state index < -0.39 is 0 Å². The van der Waals surface area contributed by atoms with Gasteiger partial charge in [0.05, 0.1) is 13.7 Å². The minimum atomic E-state index is 0. The number of hydrogen-bond donors (Lipinski definition) is 2. The van der Waals surface area contributed by atoms with Gasteiger partial charge in [0.25, 0.3) is 0 Å². The molecule has 0 aromatic heterocycles. The normalized spacial score (nSPS) is 15.5. The molecule has 5 nitrogen and oxygen atoms in total. The van der Waals surface area contributed by atoms with Crippen LogP contribution in [-0.4, -0.2) is 39.3 Å². The summed E-state index contributed by atoms with van der Waals surface area (Å²) in [7, 11) is 3.43. The summed E-state index contributed by atoms with van der Waals surface area (Å²) in [4.78, 5) is 4.21. The van der Waals surface area contributed by atoms with Crippen LogP contribution in [0.3, 0.4) is 0 Å². The van der Waals surface area contributed by atoms with Gasteiger partial charge in [-0.05, 0) is 37.8 Å². The maximum absolute atomic E-state index is 5.90. The lowest BCUT2D eigenvalue weighted by atomic mass is 10.3.